The highest BCUT2D eigenvalue weighted by atomic mass is 19.4. The molecule has 0 bridgehead atoms. The molecule has 1 aromatic carbocycles. The van der Waals surface area contributed by atoms with Gasteiger partial charge in [-0.25, -0.2) is 0 Å². The van der Waals surface area contributed by atoms with Gasteiger partial charge in [0.15, 0.2) is 0 Å². The van der Waals surface area contributed by atoms with Crippen molar-refractivity contribution >= 4 is 17.6 Å². The fraction of sp³-hybridized carbons (Fsp3) is 0.333. The van der Waals surface area contributed by atoms with Crippen LogP contribution in [0.15, 0.2) is 36.4 Å². The molecule has 0 heterocycles. The third-order valence-corrected chi connectivity index (χ3v) is 3.56. The molecule has 1 aliphatic rings. The standard InChI is InChI=1S/C15H14F3NO3/c16-15(17,18)11-7-3-4-8-12(11)19-13(20)9-5-1-2-6-10(9)14(21)22/h1-4,7-10H,5-6H2,(H,19,20)(H,21,22)/p-1/t9-,10+/m0/s1. The fourth-order valence-corrected chi connectivity index (χ4v) is 2.43. The number of hydrogen-bond acceptors (Lipinski definition) is 3. The van der Waals surface area contributed by atoms with Crippen LogP contribution in [0.4, 0.5) is 18.9 Å². The maximum absolute atomic E-state index is 12.9. The smallest absolute Gasteiger partial charge is 0.418 e. The number of rotatable bonds is 3. The van der Waals surface area contributed by atoms with Crippen LogP contribution < -0.4 is 10.4 Å². The van der Waals surface area contributed by atoms with Crippen molar-refractivity contribution in [2.45, 2.75) is 19.0 Å². The van der Waals surface area contributed by atoms with Gasteiger partial charge in [-0.2, -0.15) is 13.2 Å². The summed E-state index contributed by atoms with van der Waals surface area (Å²) in [5.41, 5.74) is -1.36. The number of hydrogen-bond donors (Lipinski definition) is 1. The van der Waals surface area contributed by atoms with Crippen LogP contribution in [0, 0.1) is 11.8 Å². The van der Waals surface area contributed by atoms with Gasteiger partial charge in [0.1, 0.15) is 0 Å². The summed E-state index contributed by atoms with van der Waals surface area (Å²) in [6.07, 6.45) is -1.07. The number of benzene rings is 1. The van der Waals surface area contributed by atoms with E-state index in [0.717, 1.165) is 12.1 Å². The van der Waals surface area contributed by atoms with Crippen LogP contribution >= 0.6 is 0 Å². The molecule has 0 aliphatic heterocycles. The number of carbonyl (C=O) groups is 2. The first-order chi connectivity index (χ1) is 10.3. The van der Waals surface area contributed by atoms with Gasteiger partial charge in [0.05, 0.1) is 17.2 Å². The number of para-hydroxylation sites is 1. The molecule has 1 amide bonds. The lowest BCUT2D eigenvalue weighted by molar-refractivity contribution is -0.313. The van der Waals surface area contributed by atoms with Crippen LogP contribution in [-0.2, 0) is 15.8 Å². The largest absolute Gasteiger partial charge is 0.550 e. The van der Waals surface area contributed by atoms with Crippen LogP contribution in [0.25, 0.3) is 0 Å². The van der Waals surface area contributed by atoms with Crippen LogP contribution in [0.5, 0.6) is 0 Å². The minimum absolute atomic E-state index is 0.126. The molecule has 1 aliphatic carbocycles. The molecule has 7 heteroatoms. The van der Waals surface area contributed by atoms with E-state index in [9.17, 15) is 27.9 Å². The zero-order valence-corrected chi connectivity index (χ0v) is 11.4. The number of amides is 1. The van der Waals surface area contributed by atoms with Crippen LogP contribution in [0.1, 0.15) is 18.4 Å². The lowest BCUT2D eigenvalue weighted by Gasteiger charge is -2.28. The van der Waals surface area contributed by atoms with E-state index in [1.807, 2.05) is 0 Å². The fourth-order valence-electron chi connectivity index (χ4n) is 2.43. The first-order valence-corrected chi connectivity index (χ1v) is 6.63. The molecule has 0 unspecified atom stereocenters. The van der Waals surface area contributed by atoms with Gasteiger partial charge in [-0.3, -0.25) is 4.79 Å². The molecule has 2 atom stereocenters. The first kappa shape index (κ1) is 16.1. The Bertz CT molecular complexity index is 610. The Balaban J connectivity index is 2.22. The van der Waals surface area contributed by atoms with Gasteiger partial charge < -0.3 is 15.2 Å². The molecule has 2 rings (SSSR count). The van der Waals surface area contributed by atoms with E-state index in [2.05, 4.69) is 5.32 Å². The molecule has 1 aromatic rings. The molecule has 118 valence electrons. The highest BCUT2D eigenvalue weighted by Gasteiger charge is 2.35. The summed E-state index contributed by atoms with van der Waals surface area (Å²) in [5.74, 6) is -4.12. The van der Waals surface area contributed by atoms with Crippen molar-refractivity contribution in [2.24, 2.45) is 11.8 Å². The lowest BCUT2D eigenvalue weighted by atomic mass is 9.82. The van der Waals surface area contributed by atoms with Crippen molar-refractivity contribution in [1.29, 1.82) is 0 Å². The molecular formula is C15H13F3NO3-. The summed E-state index contributed by atoms with van der Waals surface area (Å²) < 4.78 is 38.6. The molecule has 0 spiro atoms. The van der Waals surface area contributed by atoms with Crippen LogP contribution in [-0.4, -0.2) is 11.9 Å². The van der Waals surface area contributed by atoms with Gasteiger partial charge in [0, 0.05) is 11.9 Å². The van der Waals surface area contributed by atoms with E-state index in [1.54, 1.807) is 12.2 Å². The molecule has 0 fully saturated rings. The Kier molecular flexibility index (Phi) is 4.54. The molecule has 0 saturated heterocycles. The highest BCUT2D eigenvalue weighted by molar-refractivity contribution is 5.95. The van der Waals surface area contributed by atoms with E-state index in [4.69, 9.17) is 0 Å². The molecule has 0 saturated carbocycles. The molecule has 4 nitrogen and oxygen atoms in total. The Labute approximate surface area is 124 Å². The van der Waals surface area contributed by atoms with E-state index < -0.39 is 35.5 Å². The van der Waals surface area contributed by atoms with Crippen molar-refractivity contribution in [2.75, 3.05) is 5.32 Å². The Hall–Kier alpha value is -2.31. The minimum Gasteiger partial charge on any atom is -0.550 e. The molecule has 22 heavy (non-hydrogen) atoms. The highest BCUT2D eigenvalue weighted by Crippen LogP contribution is 2.35. The second kappa shape index (κ2) is 6.21. The maximum Gasteiger partial charge on any atom is 0.418 e. The monoisotopic (exact) mass is 312 g/mol. The quantitative estimate of drug-likeness (QED) is 0.868. The van der Waals surface area contributed by atoms with Gasteiger partial charge in [0.25, 0.3) is 0 Å². The number of carbonyl (C=O) groups excluding carboxylic acids is 2. The number of nitrogens with one attached hydrogen (secondary N) is 1. The molecule has 0 aromatic heterocycles. The summed E-state index contributed by atoms with van der Waals surface area (Å²) in [6, 6.07) is 4.56. The van der Waals surface area contributed by atoms with Crippen molar-refractivity contribution in [3.05, 3.63) is 42.0 Å². The van der Waals surface area contributed by atoms with E-state index in [-0.39, 0.29) is 18.5 Å². The van der Waals surface area contributed by atoms with Gasteiger partial charge in [-0.1, -0.05) is 24.3 Å². The zero-order valence-electron chi connectivity index (χ0n) is 11.4. The summed E-state index contributed by atoms with van der Waals surface area (Å²) in [4.78, 5) is 23.2. The van der Waals surface area contributed by atoms with E-state index >= 15 is 0 Å². The summed E-state index contributed by atoms with van der Waals surface area (Å²) in [6.45, 7) is 0. The van der Waals surface area contributed by atoms with Gasteiger partial charge in [-0.05, 0) is 25.0 Å². The SMILES string of the molecule is O=C(Nc1ccccc1C(F)(F)F)[C@H]1CC=CC[C@H]1C(=O)[O-]. The van der Waals surface area contributed by atoms with Gasteiger partial charge in [0.2, 0.25) is 5.91 Å². The predicted molar refractivity (Wildman–Crippen MR) is 70.4 cm³/mol. The Morgan fingerprint density at radius 3 is 2.27 bits per heavy atom. The predicted octanol–water partition coefficient (Wildman–Crippen LogP) is 1.98. The summed E-state index contributed by atoms with van der Waals surface area (Å²) in [7, 11) is 0. The number of anilines is 1. The lowest BCUT2D eigenvalue weighted by Crippen LogP contribution is -2.41. The van der Waals surface area contributed by atoms with Gasteiger partial charge in [-0.15, -0.1) is 0 Å². The number of alkyl halides is 3. The summed E-state index contributed by atoms with van der Waals surface area (Å²) in [5, 5.41) is 13.2. The first-order valence-electron chi connectivity index (χ1n) is 6.63. The van der Waals surface area contributed by atoms with Crippen molar-refractivity contribution in [3.8, 4) is 0 Å². The van der Waals surface area contributed by atoms with Crippen molar-refractivity contribution < 1.29 is 27.9 Å². The molecule has 0 radical (unpaired) electrons. The van der Waals surface area contributed by atoms with Crippen molar-refractivity contribution in [3.63, 3.8) is 0 Å². The topological polar surface area (TPSA) is 69.2 Å². The average molecular weight is 312 g/mol. The van der Waals surface area contributed by atoms with Gasteiger partial charge >= 0.3 is 6.18 Å². The van der Waals surface area contributed by atoms with Crippen LogP contribution in [0.2, 0.25) is 0 Å². The van der Waals surface area contributed by atoms with Crippen molar-refractivity contribution in [1.82, 2.24) is 0 Å². The third kappa shape index (κ3) is 3.47. The number of carboxylic acids is 1. The second-order valence-electron chi connectivity index (χ2n) is 5.01. The molecular weight excluding hydrogens is 299 g/mol. The molecule has 1 N–H and O–H groups in total. The number of halogens is 3. The van der Waals surface area contributed by atoms with E-state index in [0.29, 0.717) is 0 Å². The van der Waals surface area contributed by atoms with E-state index in [1.165, 1.54) is 12.1 Å². The minimum atomic E-state index is -4.61. The average Bonchev–Trinajstić information content (AvgIpc) is 2.46. The number of carboxylic acid groups (broad SMARTS) is 1. The maximum atomic E-state index is 12.9. The normalized spacial score (nSPS) is 21.4. The third-order valence-electron chi connectivity index (χ3n) is 3.56. The zero-order chi connectivity index (χ0) is 16.3. The Morgan fingerprint density at radius 2 is 1.68 bits per heavy atom. The summed E-state index contributed by atoms with van der Waals surface area (Å²) >= 11 is 0. The Morgan fingerprint density at radius 1 is 1.09 bits per heavy atom. The second-order valence-corrected chi connectivity index (χ2v) is 5.01. The number of allylic oxidation sites excluding steroid dienone is 2. The van der Waals surface area contributed by atoms with Crippen LogP contribution in [0.3, 0.4) is 0 Å². The number of aliphatic carboxylic acids is 1.